The standard InChI is InChI=1S/C13H9ClN4O2/c1-7-10(6-15)13(20)18(17-11(7)12(16)19)9-4-2-8(14)3-5-9/h2-5H,1H3,(H2,16,19). The van der Waals surface area contributed by atoms with Crippen LogP contribution in [0.2, 0.25) is 5.02 Å². The van der Waals surface area contributed by atoms with E-state index in [0.717, 1.165) is 4.68 Å². The summed E-state index contributed by atoms with van der Waals surface area (Å²) in [4.78, 5) is 23.5. The van der Waals surface area contributed by atoms with Crippen LogP contribution >= 0.6 is 11.6 Å². The number of nitrogens with two attached hydrogens (primary N) is 1. The number of hydrogen-bond donors (Lipinski definition) is 1. The first-order valence-corrected chi connectivity index (χ1v) is 5.93. The van der Waals surface area contributed by atoms with Crippen molar-refractivity contribution in [2.75, 3.05) is 0 Å². The number of rotatable bonds is 2. The normalized spacial score (nSPS) is 10.1. The van der Waals surface area contributed by atoms with E-state index in [-0.39, 0.29) is 16.8 Å². The number of nitriles is 1. The van der Waals surface area contributed by atoms with Crippen LogP contribution in [0.5, 0.6) is 0 Å². The Labute approximate surface area is 119 Å². The third-order valence-corrected chi connectivity index (χ3v) is 3.00. The van der Waals surface area contributed by atoms with Gasteiger partial charge in [-0.05, 0) is 31.2 Å². The molecule has 2 rings (SSSR count). The minimum atomic E-state index is -0.804. The summed E-state index contributed by atoms with van der Waals surface area (Å²) in [6.07, 6.45) is 0. The molecule has 100 valence electrons. The molecule has 0 saturated heterocycles. The van der Waals surface area contributed by atoms with Gasteiger partial charge in [0.15, 0.2) is 5.69 Å². The van der Waals surface area contributed by atoms with E-state index in [9.17, 15) is 9.59 Å². The van der Waals surface area contributed by atoms with E-state index < -0.39 is 11.5 Å². The fourth-order valence-electron chi connectivity index (χ4n) is 1.73. The van der Waals surface area contributed by atoms with Crippen LogP contribution in [-0.2, 0) is 0 Å². The number of carbonyl (C=O) groups is 1. The monoisotopic (exact) mass is 288 g/mol. The van der Waals surface area contributed by atoms with Crippen molar-refractivity contribution in [3.63, 3.8) is 0 Å². The molecular formula is C13H9ClN4O2. The Kier molecular flexibility index (Phi) is 3.55. The predicted molar refractivity (Wildman–Crippen MR) is 72.8 cm³/mol. The molecule has 0 spiro atoms. The number of hydrogen-bond acceptors (Lipinski definition) is 4. The number of benzene rings is 1. The summed E-state index contributed by atoms with van der Waals surface area (Å²) in [5, 5.41) is 13.5. The van der Waals surface area contributed by atoms with Gasteiger partial charge in [-0.15, -0.1) is 0 Å². The van der Waals surface area contributed by atoms with Gasteiger partial charge in [0.2, 0.25) is 0 Å². The molecule has 0 unspecified atom stereocenters. The molecule has 0 aliphatic rings. The Balaban J connectivity index is 2.81. The minimum absolute atomic E-state index is 0.115. The summed E-state index contributed by atoms with van der Waals surface area (Å²) in [5.74, 6) is -0.804. The summed E-state index contributed by atoms with van der Waals surface area (Å²) in [6.45, 7) is 1.46. The van der Waals surface area contributed by atoms with Crippen molar-refractivity contribution in [1.29, 1.82) is 5.26 Å². The summed E-state index contributed by atoms with van der Waals surface area (Å²) in [5.41, 5.74) is 4.88. The zero-order valence-corrected chi connectivity index (χ0v) is 11.2. The van der Waals surface area contributed by atoms with Crippen molar-refractivity contribution in [1.82, 2.24) is 9.78 Å². The summed E-state index contributed by atoms with van der Waals surface area (Å²) >= 11 is 5.77. The highest BCUT2D eigenvalue weighted by Crippen LogP contribution is 2.13. The van der Waals surface area contributed by atoms with Gasteiger partial charge in [-0.3, -0.25) is 9.59 Å². The van der Waals surface area contributed by atoms with Gasteiger partial charge in [-0.1, -0.05) is 11.6 Å². The van der Waals surface area contributed by atoms with E-state index in [1.165, 1.54) is 6.92 Å². The fraction of sp³-hybridized carbons (Fsp3) is 0.0769. The number of nitrogens with zero attached hydrogens (tertiary/aromatic N) is 3. The second-order valence-corrected chi connectivity index (χ2v) is 4.45. The van der Waals surface area contributed by atoms with E-state index in [1.807, 2.05) is 0 Å². The molecule has 0 saturated carbocycles. The lowest BCUT2D eigenvalue weighted by atomic mass is 10.1. The van der Waals surface area contributed by atoms with Gasteiger partial charge in [0.1, 0.15) is 11.6 Å². The number of amides is 1. The van der Waals surface area contributed by atoms with Gasteiger partial charge < -0.3 is 5.73 Å². The van der Waals surface area contributed by atoms with Gasteiger partial charge in [-0.2, -0.15) is 15.0 Å². The van der Waals surface area contributed by atoms with Gasteiger partial charge in [-0.25, -0.2) is 0 Å². The maximum absolute atomic E-state index is 12.2. The second-order valence-electron chi connectivity index (χ2n) is 4.02. The van der Waals surface area contributed by atoms with Crippen molar-refractivity contribution >= 4 is 17.5 Å². The summed E-state index contributed by atoms with van der Waals surface area (Å²) in [7, 11) is 0. The maximum atomic E-state index is 12.2. The van der Waals surface area contributed by atoms with E-state index >= 15 is 0 Å². The summed E-state index contributed by atoms with van der Waals surface area (Å²) in [6, 6.07) is 8.02. The maximum Gasteiger partial charge on any atom is 0.289 e. The Morgan fingerprint density at radius 3 is 2.50 bits per heavy atom. The highest BCUT2D eigenvalue weighted by molar-refractivity contribution is 6.30. The van der Waals surface area contributed by atoms with E-state index in [4.69, 9.17) is 22.6 Å². The van der Waals surface area contributed by atoms with Gasteiger partial charge in [0.25, 0.3) is 11.5 Å². The van der Waals surface area contributed by atoms with E-state index in [2.05, 4.69) is 5.10 Å². The topological polar surface area (TPSA) is 102 Å². The molecular weight excluding hydrogens is 280 g/mol. The Morgan fingerprint density at radius 2 is 2.00 bits per heavy atom. The molecule has 0 bridgehead atoms. The quantitative estimate of drug-likeness (QED) is 0.896. The fourth-order valence-corrected chi connectivity index (χ4v) is 1.85. The van der Waals surface area contributed by atoms with E-state index in [1.54, 1.807) is 30.3 Å². The molecule has 0 radical (unpaired) electrons. The molecule has 7 heteroatoms. The molecule has 2 aromatic rings. The summed E-state index contributed by atoms with van der Waals surface area (Å²) < 4.78 is 0.960. The first kappa shape index (κ1) is 13.8. The van der Waals surface area contributed by atoms with Crippen LogP contribution in [0.25, 0.3) is 5.69 Å². The molecule has 1 aromatic heterocycles. The highest BCUT2D eigenvalue weighted by Gasteiger charge is 2.18. The highest BCUT2D eigenvalue weighted by atomic mass is 35.5. The van der Waals surface area contributed by atoms with Crippen molar-refractivity contribution in [3.05, 3.63) is 56.5 Å². The molecule has 0 atom stereocenters. The first-order valence-electron chi connectivity index (χ1n) is 5.55. The number of aromatic nitrogens is 2. The lowest BCUT2D eigenvalue weighted by molar-refractivity contribution is 0.0993. The molecule has 1 heterocycles. The van der Waals surface area contributed by atoms with Crippen molar-refractivity contribution < 1.29 is 4.79 Å². The van der Waals surface area contributed by atoms with Crippen LogP contribution in [0.15, 0.2) is 29.1 Å². The van der Waals surface area contributed by atoms with Crippen LogP contribution < -0.4 is 11.3 Å². The second kappa shape index (κ2) is 5.15. The molecule has 0 aliphatic heterocycles. The third kappa shape index (κ3) is 2.27. The predicted octanol–water partition coefficient (Wildman–Crippen LogP) is 1.16. The van der Waals surface area contributed by atoms with Crippen molar-refractivity contribution in [2.24, 2.45) is 5.73 Å². The lowest BCUT2D eigenvalue weighted by Crippen LogP contribution is -2.30. The van der Waals surface area contributed by atoms with Crippen LogP contribution in [0.3, 0.4) is 0 Å². The SMILES string of the molecule is Cc1c(C(N)=O)nn(-c2ccc(Cl)cc2)c(=O)c1C#N. The zero-order valence-electron chi connectivity index (χ0n) is 10.4. The smallest absolute Gasteiger partial charge is 0.289 e. The third-order valence-electron chi connectivity index (χ3n) is 2.75. The number of halogens is 1. The van der Waals surface area contributed by atoms with Crippen LogP contribution in [0, 0.1) is 18.3 Å². The molecule has 2 N–H and O–H groups in total. The molecule has 0 aliphatic carbocycles. The van der Waals surface area contributed by atoms with Gasteiger partial charge in [0, 0.05) is 10.6 Å². The Bertz CT molecular complexity index is 788. The number of primary amides is 1. The van der Waals surface area contributed by atoms with Crippen LogP contribution in [0.1, 0.15) is 21.6 Å². The molecule has 0 fully saturated rings. The number of carbonyl (C=O) groups excluding carboxylic acids is 1. The van der Waals surface area contributed by atoms with Crippen LogP contribution in [-0.4, -0.2) is 15.7 Å². The Morgan fingerprint density at radius 1 is 1.40 bits per heavy atom. The van der Waals surface area contributed by atoms with E-state index in [0.29, 0.717) is 10.7 Å². The van der Waals surface area contributed by atoms with Crippen molar-refractivity contribution in [3.8, 4) is 11.8 Å². The molecule has 20 heavy (non-hydrogen) atoms. The van der Waals surface area contributed by atoms with Gasteiger partial charge >= 0.3 is 0 Å². The van der Waals surface area contributed by atoms with Crippen molar-refractivity contribution in [2.45, 2.75) is 6.92 Å². The molecule has 1 aromatic carbocycles. The largest absolute Gasteiger partial charge is 0.364 e. The average Bonchev–Trinajstić information content (AvgIpc) is 2.40. The zero-order chi connectivity index (χ0) is 14.9. The first-order chi connectivity index (χ1) is 9.45. The Hall–Kier alpha value is -2.65. The minimum Gasteiger partial charge on any atom is -0.364 e. The lowest BCUT2D eigenvalue weighted by Gasteiger charge is -2.09. The van der Waals surface area contributed by atoms with Crippen LogP contribution in [0.4, 0.5) is 0 Å². The average molecular weight is 289 g/mol. The molecule has 6 nitrogen and oxygen atoms in total. The molecule has 1 amide bonds. The van der Waals surface area contributed by atoms with Gasteiger partial charge in [0.05, 0.1) is 5.69 Å².